The highest BCUT2D eigenvalue weighted by Crippen LogP contribution is 2.26. The van der Waals surface area contributed by atoms with Crippen LogP contribution in [0.25, 0.3) is 10.9 Å². The van der Waals surface area contributed by atoms with Crippen molar-refractivity contribution < 1.29 is 4.92 Å². The molecule has 0 fully saturated rings. The van der Waals surface area contributed by atoms with Gasteiger partial charge in [-0.2, -0.15) is 0 Å². The normalized spacial score (nSPS) is 10.8. The molecule has 1 heterocycles. The summed E-state index contributed by atoms with van der Waals surface area (Å²) in [5.74, 6) is 0. The van der Waals surface area contributed by atoms with E-state index in [9.17, 15) is 10.1 Å². The lowest BCUT2D eigenvalue weighted by atomic mass is 10.2. The number of benzene rings is 2. The van der Waals surface area contributed by atoms with Crippen LogP contribution in [0.2, 0.25) is 5.02 Å². The van der Waals surface area contributed by atoms with Crippen LogP contribution in [0.15, 0.2) is 54.7 Å². The second kappa shape index (κ2) is 4.98. The molecule has 1 aromatic heterocycles. The van der Waals surface area contributed by atoms with E-state index in [0.717, 1.165) is 11.1 Å². The Hall–Kier alpha value is -2.33. The van der Waals surface area contributed by atoms with Crippen molar-refractivity contribution in [2.24, 2.45) is 0 Å². The summed E-state index contributed by atoms with van der Waals surface area (Å²) in [7, 11) is 0. The van der Waals surface area contributed by atoms with Gasteiger partial charge in [-0.1, -0.05) is 29.8 Å². The second-order valence-electron chi connectivity index (χ2n) is 4.54. The van der Waals surface area contributed by atoms with Gasteiger partial charge < -0.3 is 4.57 Å². The summed E-state index contributed by atoms with van der Waals surface area (Å²) in [5, 5.41) is 12.4. The fourth-order valence-corrected chi connectivity index (χ4v) is 2.42. The van der Waals surface area contributed by atoms with Gasteiger partial charge in [-0.05, 0) is 29.8 Å². The molecule has 0 bridgehead atoms. The Morgan fingerprint density at radius 3 is 2.55 bits per heavy atom. The quantitative estimate of drug-likeness (QED) is 0.534. The Labute approximate surface area is 120 Å². The molecule has 100 valence electrons. The summed E-state index contributed by atoms with van der Waals surface area (Å²) in [5.41, 5.74) is 2.09. The molecule has 0 radical (unpaired) electrons. The van der Waals surface area contributed by atoms with E-state index in [1.54, 1.807) is 12.1 Å². The van der Waals surface area contributed by atoms with Gasteiger partial charge in [-0.25, -0.2) is 0 Å². The average Bonchev–Trinajstić information content (AvgIpc) is 2.84. The van der Waals surface area contributed by atoms with Gasteiger partial charge in [-0.15, -0.1) is 0 Å². The molecule has 0 amide bonds. The molecule has 2 aromatic carbocycles. The molecule has 4 nitrogen and oxygen atoms in total. The third-order valence-corrected chi connectivity index (χ3v) is 3.51. The van der Waals surface area contributed by atoms with Crippen molar-refractivity contribution in [3.8, 4) is 0 Å². The third-order valence-electron chi connectivity index (χ3n) is 3.25. The highest BCUT2D eigenvalue weighted by molar-refractivity contribution is 6.30. The number of non-ortho nitro benzene ring substituents is 1. The first kappa shape index (κ1) is 12.7. The van der Waals surface area contributed by atoms with E-state index >= 15 is 0 Å². The molecule has 0 spiro atoms. The van der Waals surface area contributed by atoms with Gasteiger partial charge in [-0.3, -0.25) is 10.1 Å². The number of fused-ring (bicyclic) bond motifs is 1. The van der Waals surface area contributed by atoms with Crippen LogP contribution >= 0.6 is 11.6 Å². The maximum Gasteiger partial charge on any atom is 0.278 e. The lowest BCUT2D eigenvalue weighted by Crippen LogP contribution is -1.97. The van der Waals surface area contributed by atoms with E-state index in [1.165, 1.54) is 6.07 Å². The molecular formula is C15H11ClN2O2. The van der Waals surface area contributed by atoms with Crippen LogP contribution < -0.4 is 0 Å². The molecule has 0 aliphatic rings. The minimum Gasteiger partial charge on any atom is -0.343 e. The van der Waals surface area contributed by atoms with Crippen LogP contribution in [-0.4, -0.2) is 9.49 Å². The van der Waals surface area contributed by atoms with Gasteiger partial charge in [0, 0.05) is 23.8 Å². The molecular weight excluding hydrogens is 276 g/mol. The maximum atomic E-state index is 11.0. The third kappa shape index (κ3) is 2.26. The zero-order valence-electron chi connectivity index (χ0n) is 10.5. The number of nitro benzene ring substituents is 1. The summed E-state index contributed by atoms with van der Waals surface area (Å²) in [6.07, 6.45) is 1.87. The van der Waals surface area contributed by atoms with Gasteiger partial charge in [0.2, 0.25) is 0 Å². The second-order valence-corrected chi connectivity index (χ2v) is 4.97. The molecule has 0 saturated carbocycles. The van der Waals surface area contributed by atoms with Gasteiger partial charge in [0.15, 0.2) is 0 Å². The highest BCUT2D eigenvalue weighted by atomic mass is 35.5. The fourth-order valence-electron chi connectivity index (χ4n) is 2.29. The molecule has 20 heavy (non-hydrogen) atoms. The minimum atomic E-state index is -0.352. The average molecular weight is 287 g/mol. The summed E-state index contributed by atoms with van der Waals surface area (Å²) in [6.45, 7) is 0.655. The Morgan fingerprint density at radius 2 is 1.85 bits per heavy atom. The Balaban J connectivity index is 2.03. The first-order valence-corrected chi connectivity index (χ1v) is 6.49. The number of hydrogen-bond donors (Lipinski definition) is 0. The van der Waals surface area contributed by atoms with Crippen molar-refractivity contribution in [1.29, 1.82) is 0 Å². The van der Waals surface area contributed by atoms with Crippen LogP contribution in [-0.2, 0) is 6.54 Å². The number of aromatic nitrogens is 1. The lowest BCUT2D eigenvalue weighted by Gasteiger charge is -2.06. The largest absolute Gasteiger partial charge is 0.343 e. The van der Waals surface area contributed by atoms with Crippen molar-refractivity contribution in [3.63, 3.8) is 0 Å². The van der Waals surface area contributed by atoms with Crippen LogP contribution in [0.1, 0.15) is 5.56 Å². The highest BCUT2D eigenvalue weighted by Gasteiger charge is 2.13. The molecule has 0 unspecified atom stereocenters. The van der Waals surface area contributed by atoms with E-state index in [4.69, 9.17) is 11.6 Å². The van der Waals surface area contributed by atoms with Crippen molar-refractivity contribution in [1.82, 2.24) is 4.57 Å². The SMILES string of the molecule is O=[N+]([O-])c1cccc2c1ccn2Cc1ccc(Cl)cc1. The molecule has 0 aliphatic carbocycles. The summed E-state index contributed by atoms with van der Waals surface area (Å²) in [4.78, 5) is 10.6. The Bertz CT molecular complexity index is 778. The molecule has 0 atom stereocenters. The van der Waals surface area contributed by atoms with Gasteiger partial charge in [0.05, 0.1) is 15.8 Å². The van der Waals surface area contributed by atoms with Crippen LogP contribution in [0, 0.1) is 10.1 Å². The van der Waals surface area contributed by atoms with Gasteiger partial charge in [0.25, 0.3) is 5.69 Å². The smallest absolute Gasteiger partial charge is 0.278 e. The first-order chi connectivity index (χ1) is 9.65. The lowest BCUT2D eigenvalue weighted by molar-refractivity contribution is -0.383. The predicted molar refractivity (Wildman–Crippen MR) is 79.1 cm³/mol. The predicted octanol–water partition coefficient (Wildman–Crippen LogP) is 4.25. The number of nitrogens with zero attached hydrogens (tertiary/aromatic N) is 2. The van der Waals surface area contributed by atoms with E-state index in [1.807, 2.05) is 41.1 Å². The van der Waals surface area contributed by atoms with Crippen LogP contribution in [0.5, 0.6) is 0 Å². The first-order valence-electron chi connectivity index (χ1n) is 6.12. The van der Waals surface area contributed by atoms with Crippen molar-refractivity contribution in [2.45, 2.75) is 6.54 Å². The van der Waals surface area contributed by atoms with Crippen molar-refractivity contribution in [2.75, 3.05) is 0 Å². The summed E-state index contributed by atoms with van der Waals surface area (Å²) in [6, 6.07) is 14.5. The Kier molecular flexibility index (Phi) is 3.16. The van der Waals surface area contributed by atoms with E-state index in [2.05, 4.69) is 0 Å². The summed E-state index contributed by atoms with van der Waals surface area (Å²) >= 11 is 5.86. The topological polar surface area (TPSA) is 48.1 Å². The number of halogens is 1. The molecule has 0 saturated heterocycles. The van der Waals surface area contributed by atoms with E-state index < -0.39 is 0 Å². The van der Waals surface area contributed by atoms with Crippen molar-refractivity contribution >= 4 is 28.2 Å². The number of hydrogen-bond acceptors (Lipinski definition) is 2. The van der Waals surface area contributed by atoms with E-state index in [-0.39, 0.29) is 10.6 Å². The van der Waals surface area contributed by atoms with Crippen LogP contribution in [0.3, 0.4) is 0 Å². The molecule has 3 aromatic rings. The minimum absolute atomic E-state index is 0.136. The maximum absolute atomic E-state index is 11.0. The zero-order chi connectivity index (χ0) is 14.1. The zero-order valence-corrected chi connectivity index (χ0v) is 11.2. The summed E-state index contributed by atoms with van der Waals surface area (Å²) < 4.78 is 1.99. The number of nitro groups is 1. The number of rotatable bonds is 3. The van der Waals surface area contributed by atoms with Gasteiger partial charge in [0.1, 0.15) is 0 Å². The van der Waals surface area contributed by atoms with Crippen LogP contribution in [0.4, 0.5) is 5.69 Å². The Morgan fingerprint density at radius 1 is 1.10 bits per heavy atom. The molecule has 0 N–H and O–H groups in total. The van der Waals surface area contributed by atoms with E-state index in [0.29, 0.717) is 17.0 Å². The van der Waals surface area contributed by atoms with Crippen molar-refractivity contribution in [3.05, 3.63) is 75.4 Å². The molecule has 3 rings (SSSR count). The van der Waals surface area contributed by atoms with Gasteiger partial charge >= 0.3 is 0 Å². The molecule has 5 heteroatoms. The monoisotopic (exact) mass is 286 g/mol. The standard InChI is InChI=1S/C15H11ClN2O2/c16-12-6-4-11(5-7-12)10-17-9-8-13-14(17)2-1-3-15(13)18(19)20/h1-9H,10H2. The molecule has 0 aliphatic heterocycles. The fraction of sp³-hybridized carbons (Fsp3) is 0.0667.